The molecule has 0 atom stereocenters. The van der Waals surface area contributed by atoms with Gasteiger partial charge in [-0.25, -0.2) is 0 Å². The molecular formula is C21H16N4O2. The van der Waals surface area contributed by atoms with E-state index < -0.39 is 5.91 Å². The maximum absolute atomic E-state index is 11.3. The molecule has 0 spiro atoms. The minimum atomic E-state index is -0.472. The van der Waals surface area contributed by atoms with Gasteiger partial charge in [0.1, 0.15) is 11.4 Å². The Hall–Kier alpha value is -3.93. The van der Waals surface area contributed by atoms with Gasteiger partial charge in [0.25, 0.3) is 0 Å². The molecule has 0 unspecified atom stereocenters. The summed E-state index contributed by atoms with van der Waals surface area (Å²) in [7, 11) is 0. The number of phenols is 1. The smallest absolute Gasteiger partial charge is 0.248 e. The van der Waals surface area contributed by atoms with Gasteiger partial charge in [0, 0.05) is 21.9 Å². The van der Waals surface area contributed by atoms with Crippen LogP contribution in [0, 0.1) is 0 Å². The molecule has 27 heavy (non-hydrogen) atoms. The summed E-state index contributed by atoms with van der Waals surface area (Å²) in [5.41, 5.74) is 7.82. The summed E-state index contributed by atoms with van der Waals surface area (Å²) < 4.78 is 0. The Balaban J connectivity index is 1.81. The van der Waals surface area contributed by atoms with Gasteiger partial charge in [-0.3, -0.25) is 4.79 Å². The number of aromatic hydroxyl groups is 1. The first-order valence-electron chi connectivity index (χ1n) is 8.34. The maximum Gasteiger partial charge on any atom is 0.248 e. The van der Waals surface area contributed by atoms with Crippen molar-refractivity contribution in [3.05, 3.63) is 78.4 Å². The van der Waals surface area contributed by atoms with Crippen molar-refractivity contribution in [2.45, 2.75) is 0 Å². The highest BCUT2D eigenvalue weighted by Crippen LogP contribution is 2.33. The van der Waals surface area contributed by atoms with Crippen LogP contribution in [0.5, 0.6) is 5.75 Å². The number of nitrogens with zero attached hydrogens (tertiary/aromatic N) is 2. The molecule has 4 aromatic rings. The van der Waals surface area contributed by atoms with Crippen molar-refractivity contribution < 1.29 is 9.90 Å². The van der Waals surface area contributed by atoms with Crippen LogP contribution < -0.4 is 11.1 Å². The van der Waals surface area contributed by atoms with E-state index in [0.29, 0.717) is 22.8 Å². The van der Waals surface area contributed by atoms with Crippen LogP contribution >= 0.6 is 0 Å². The van der Waals surface area contributed by atoms with Crippen LogP contribution in [-0.2, 0) is 0 Å². The van der Waals surface area contributed by atoms with E-state index in [-0.39, 0.29) is 5.75 Å². The third-order valence-electron chi connectivity index (χ3n) is 4.29. The number of hydrogen-bond acceptors (Lipinski definition) is 5. The van der Waals surface area contributed by atoms with E-state index in [1.807, 2.05) is 30.3 Å². The number of nitrogens with two attached hydrogens (primary N) is 1. The van der Waals surface area contributed by atoms with E-state index in [4.69, 9.17) is 5.73 Å². The summed E-state index contributed by atoms with van der Waals surface area (Å²) in [6, 6.07) is 21.6. The van der Waals surface area contributed by atoms with Crippen LogP contribution in [0.3, 0.4) is 0 Å². The number of rotatable bonds is 4. The molecule has 1 amide bonds. The number of anilines is 2. The number of aromatic nitrogens is 2. The van der Waals surface area contributed by atoms with Crippen LogP contribution in [0.4, 0.5) is 11.5 Å². The minimum absolute atomic E-state index is 0.134. The number of benzene rings is 3. The maximum atomic E-state index is 11.3. The first-order chi connectivity index (χ1) is 13.1. The van der Waals surface area contributed by atoms with Crippen molar-refractivity contribution >= 4 is 28.2 Å². The van der Waals surface area contributed by atoms with Crippen LogP contribution in [0.15, 0.2) is 72.8 Å². The quantitative estimate of drug-likeness (QED) is 0.482. The van der Waals surface area contributed by atoms with Crippen molar-refractivity contribution in [1.29, 1.82) is 0 Å². The number of carbonyl (C=O) groups excluding carboxylic acids is 1. The van der Waals surface area contributed by atoms with E-state index in [2.05, 4.69) is 15.5 Å². The number of nitrogens with one attached hydrogen (secondary N) is 1. The highest BCUT2D eigenvalue weighted by Gasteiger charge is 2.12. The molecule has 4 rings (SSSR count). The average Bonchev–Trinajstić information content (AvgIpc) is 2.70. The number of phenolic OH excluding ortho intramolecular Hbond substituents is 1. The highest BCUT2D eigenvalue weighted by molar-refractivity contribution is 6.01. The second kappa shape index (κ2) is 6.76. The Morgan fingerprint density at radius 1 is 0.852 bits per heavy atom. The molecule has 0 saturated heterocycles. The SMILES string of the molecule is NC(=O)c1ccc(-c2nnc(Nc3ccccc3O)c3ccccc23)cc1. The van der Waals surface area contributed by atoms with Gasteiger partial charge in [0.05, 0.1) is 5.69 Å². The van der Waals surface area contributed by atoms with Gasteiger partial charge in [0.2, 0.25) is 5.91 Å². The molecule has 1 aromatic heterocycles. The van der Waals surface area contributed by atoms with E-state index in [1.54, 1.807) is 42.5 Å². The zero-order chi connectivity index (χ0) is 18.8. The van der Waals surface area contributed by atoms with E-state index in [9.17, 15) is 9.90 Å². The molecule has 6 heteroatoms. The minimum Gasteiger partial charge on any atom is -0.506 e. The molecule has 1 heterocycles. The lowest BCUT2D eigenvalue weighted by atomic mass is 10.0. The van der Waals surface area contributed by atoms with Gasteiger partial charge in [-0.15, -0.1) is 10.2 Å². The Morgan fingerprint density at radius 3 is 2.22 bits per heavy atom. The largest absolute Gasteiger partial charge is 0.506 e. The lowest BCUT2D eigenvalue weighted by Crippen LogP contribution is -2.10. The number of amides is 1. The van der Waals surface area contributed by atoms with Gasteiger partial charge in [-0.05, 0) is 24.3 Å². The van der Waals surface area contributed by atoms with Crippen LogP contribution in [0.1, 0.15) is 10.4 Å². The fraction of sp³-hybridized carbons (Fsp3) is 0. The monoisotopic (exact) mass is 356 g/mol. The van der Waals surface area contributed by atoms with Gasteiger partial charge >= 0.3 is 0 Å². The predicted molar refractivity (Wildman–Crippen MR) is 105 cm³/mol. The second-order valence-corrected chi connectivity index (χ2v) is 6.03. The van der Waals surface area contributed by atoms with Gasteiger partial charge in [-0.1, -0.05) is 48.5 Å². The molecule has 0 radical (unpaired) electrons. The molecule has 0 aliphatic rings. The highest BCUT2D eigenvalue weighted by atomic mass is 16.3. The van der Waals surface area contributed by atoms with Crippen molar-refractivity contribution in [3.63, 3.8) is 0 Å². The molecule has 0 aliphatic heterocycles. The van der Waals surface area contributed by atoms with E-state index in [1.165, 1.54) is 0 Å². The number of hydrogen-bond donors (Lipinski definition) is 3. The van der Waals surface area contributed by atoms with Crippen LogP contribution in [-0.4, -0.2) is 21.2 Å². The number of primary amides is 1. The lowest BCUT2D eigenvalue weighted by Gasteiger charge is -2.12. The zero-order valence-electron chi connectivity index (χ0n) is 14.3. The number of carbonyl (C=O) groups is 1. The number of fused-ring (bicyclic) bond motifs is 1. The summed E-state index contributed by atoms with van der Waals surface area (Å²) >= 11 is 0. The molecule has 0 aliphatic carbocycles. The zero-order valence-corrected chi connectivity index (χ0v) is 14.3. The van der Waals surface area contributed by atoms with Crippen LogP contribution in [0.25, 0.3) is 22.0 Å². The van der Waals surface area contributed by atoms with E-state index >= 15 is 0 Å². The average molecular weight is 356 g/mol. The first-order valence-corrected chi connectivity index (χ1v) is 8.34. The first kappa shape index (κ1) is 16.5. The summed E-state index contributed by atoms with van der Waals surface area (Å²) in [6.45, 7) is 0. The predicted octanol–water partition coefficient (Wildman–Crippen LogP) is 3.84. The topological polar surface area (TPSA) is 101 Å². The summed E-state index contributed by atoms with van der Waals surface area (Å²) in [6.07, 6.45) is 0. The van der Waals surface area contributed by atoms with Crippen molar-refractivity contribution in [3.8, 4) is 17.0 Å². The Bertz CT molecular complexity index is 1140. The van der Waals surface area contributed by atoms with Gasteiger partial charge < -0.3 is 16.2 Å². The lowest BCUT2D eigenvalue weighted by molar-refractivity contribution is 0.100. The summed E-state index contributed by atoms with van der Waals surface area (Å²) in [5, 5.41) is 23.6. The fourth-order valence-corrected chi connectivity index (χ4v) is 2.91. The number of para-hydroxylation sites is 2. The normalized spacial score (nSPS) is 10.7. The molecule has 6 nitrogen and oxygen atoms in total. The molecule has 132 valence electrons. The van der Waals surface area contributed by atoms with Gasteiger partial charge in [0.15, 0.2) is 5.82 Å². The Morgan fingerprint density at radius 2 is 1.52 bits per heavy atom. The summed E-state index contributed by atoms with van der Waals surface area (Å²) in [4.78, 5) is 11.3. The van der Waals surface area contributed by atoms with Crippen molar-refractivity contribution in [2.75, 3.05) is 5.32 Å². The standard InChI is InChI=1S/C21H16N4O2/c22-20(27)14-11-9-13(10-12-14)19-15-5-1-2-6-16(15)21(25-24-19)23-17-7-3-4-8-18(17)26/h1-12,26H,(H2,22,27)(H,23,25). The molecule has 0 saturated carbocycles. The Kier molecular flexibility index (Phi) is 4.14. The third kappa shape index (κ3) is 3.16. The third-order valence-corrected chi connectivity index (χ3v) is 4.29. The molecule has 4 N–H and O–H groups in total. The molecule has 0 bridgehead atoms. The van der Waals surface area contributed by atoms with Crippen molar-refractivity contribution in [1.82, 2.24) is 10.2 Å². The second-order valence-electron chi connectivity index (χ2n) is 6.03. The molecule has 3 aromatic carbocycles. The van der Waals surface area contributed by atoms with Gasteiger partial charge in [-0.2, -0.15) is 0 Å². The van der Waals surface area contributed by atoms with E-state index in [0.717, 1.165) is 16.3 Å². The molecule has 0 fully saturated rings. The van der Waals surface area contributed by atoms with Crippen molar-refractivity contribution in [2.24, 2.45) is 5.73 Å². The van der Waals surface area contributed by atoms with Crippen LogP contribution in [0.2, 0.25) is 0 Å². The molecular weight excluding hydrogens is 340 g/mol. The Labute approximate surface area is 155 Å². The fourth-order valence-electron chi connectivity index (χ4n) is 2.91. The summed E-state index contributed by atoms with van der Waals surface area (Å²) in [5.74, 6) is 0.207.